The molecule has 0 spiro atoms. The zero-order valence-corrected chi connectivity index (χ0v) is 34.5. The molecule has 3 heterocycles. The maximum atomic E-state index is 14.0. The van der Waals surface area contributed by atoms with E-state index in [2.05, 4.69) is 0 Å². The molecule has 60 heavy (non-hydrogen) atoms. The van der Waals surface area contributed by atoms with Gasteiger partial charge in [-0.15, -0.1) is 0 Å². The number of benzene rings is 2. The summed E-state index contributed by atoms with van der Waals surface area (Å²) in [5.41, 5.74) is -3.64. The molecule has 7 rings (SSSR count). The minimum absolute atomic E-state index is 0.0140. The number of fused-ring (bicyclic) bond motifs is 3. The van der Waals surface area contributed by atoms with E-state index in [1.807, 2.05) is 19.0 Å². The van der Waals surface area contributed by atoms with Gasteiger partial charge in [0.15, 0.2) is 24.7 Å². The molecule has 0 amide bonds. The van der Waals surface area contributed by atoms with Crippen LogP contribution in [0.25, 0.3) is 0 Å². The van der Waals surface area contributed by atoms with Gasteiger partial charge < -0.3 is 73.8 Å². The number of methoxy groups -OCH3 is 1. The highest BCUT2D eigenvalue weighted by Gasteiger charge is 2.54. The number of rotatable bonds is 9. The lowest BCUT2D eigenvalue weighted by atomic mass is 9.67. The third-order valence-electron chi connectivity index (χ3n) is 12.8. The summed E-state index contributed by atoms with van der Waals surface area (Å²) in [7, 11) is 4.82. The van der Waals surface area contributed by atoms with Crippen LogP contribution in [0.15, 0.2) is 18.2 Å². The van der Waals surface area contributed by atoms with Crippen LogP contribution in [0.1, 0.15) is 115 Å². The van der Waals surface area contributed by atoms with Gasteiger partial charge in [0.2, 0.25) is 5.78 Å². The molecule has 15 atom stereocenters. The lowest BCUT2D eigenvalue weighted by Gasteiger charge is -2.48. The molecule has 0 unspecified atom stereocenters. The molecule has 3 fully saturated rings. The van der Waals surface area contributed by atoms with Gasteiger partial charge in [0.25, 0.3) is 0 Å². The number of phenols is 3. The number of phenolic OH excluding ortho intramolecular Hbond substituents is 3. The van der Waals surface area contributed by atoms with Crippen molar-refractivity contribution >= 4 is 17.5 Å². The Morgan fingerprint density at radius 2 is 1.35 bits per heavy atom. The number of carbonyl (C=O) groups is 3. The molecule has 0 aromatic heterocycles. The molecule has 3 aliphatic heterocycles. The van der Waals surface area contributed by atoms with Gasteiger partial charge in [0.05, 0.1) is 66.0 Å². The fourth-order valence-corrected chi connectivity index (χ4v) is 9.51. The number of hydrogen-bond donors (Lipinski definition) is 7. The highest BCUT2D eigenvalue weighted by molar-refractivity contribution is 6.31. The summed E-state index contributed by atoms with van der Waals surface area (Å²) in [4.78, 5) is 43.2. The maximum Gasteiger partial charge on any atom is 0.316 e. The van der Waals surface area contributed by atoms with E-state index < -0.39 is 137 Å². The van der Waals surface area contributed by atoms with Gasteiger partial charge in [-0.2, -0.15) is 0 Å². The number of aliphatic hydroxyl groups excluding tert-OH is 3. The summed E-state index contributed by atoms with van der Waals surface area (Å²) in [6.45, 7) is 6.77. The Bertz CT molecular complexity index is 1970. The van der Waals surface area contributed by atoms with Crippen LogP contribution in [0.2, 0.25) is 0 Å². The van der Waals surface area contributed by atoms with E-state index >= 15 is 0 Å². The minimum atomic E-state index is -1.82. The molecule has 2 aromatic carbocycles. The lowest BCUT2D eigenvalue weighted by Crippen LogP contribution is -2.58. The Morgan fingerprint density at radius 1 is 0.800 bits per heavy atom. The zero-order valence-electron chi connectivity index (χ0n) is 34.5. The Morgan fingerprint density at radius 3 is 1.92 bits per heavy atom. The summed E-state index contributed by atoms with van der Waals surface area (Å²) in [5, 5.41) is 76.8. The van der Waals surface area contributed by atoms with E-state index in [4.69, 9.17) is 33.2 Å². The number of aromatic hydroxyl groups is 3. The first-order valence-corrected chi connectivity index (χ1v) is 20.3. The Kier molecular flexibility index (Phi) is 12.4. The van der Waals surface area contributed by atoms with Crippen LogP contribution in [-0.4, -0.2) is 159 Å². The number of likely N-dealkylation sites (N-methyl/N-ethyl adjacent to an activating group) is 1. The van der Waals surface area contributed by atoms with Crippen LogP contribution >= 0.6 is 0 Å². The standard InChI is InChI=1S/C42H55NO17/c1-8-42(53)15-26(30-19(34(42)41(52)54-7)11-20-31(37(30)50)38(51)33-23(45)10-9-22(44)32(33)36(20)49)58-27-12-21(43(5)6)39(17(3)56-27)59-29-14-25(47)40(18(4)57-29)60-28-13-24(46)35(48)16(2)55-28/h9-11,16-18,21,24-29,34-35,39-40,44-48,50,53H,8,12-15H2,1-7H3/t16-,17+,18-,21-,24-,25-,26-,27+,28+,29+,34+,35+,39+,40+,42-/m0/s1. The molecule has 18 nitrogen and oxygen atoms in total. The number of nitrogens with zero attached hydrogens (tertiary/aromatic N) is 1. The fourth-order valence-electron chi connectivity index (χ4n) is 9.51. The molecule has 0 bridgehead atoms. The van der Waals surface area contributed by atoms with Crippen molar-refractivity contribution < 1.29 is 83.3 Å². The van der Waals surface area contributed by atoms with Crippen molar-refractivity contribution in [3.05, 3.63) is 51.6 Å². The fraction of sp³-hybridized carbons (Fsp3) is 0.643. The van der Waals surface area contributed by atoms with E-state index in [9.17, 15) is 50.1 Å². The smallest absolute Gasteiger partial charge is 0.316 e. The molecule has 3 saturated heterocycles. The van der Waals surface area contributed by atoms with E-state index in [-0.39, 0.29) is 54.8 Å². The van der Waals surface area contributed by atoms with Crippen molar-refractivity contribution in [2.24, 2.45) is 0 Å². The maximum absolute atomic E-state index is 14.0. The van der Waals surface area contributed by atoms with Crippen LogP contribution in [0.3, 0.4) is 0 Å². The number of ketones is 2. The minimum Gasteiger partial charge on any atom is -0.507 e. The van der Waals surface area contributed by atoms with Crippen molar-refractivity contribution in [1.82, 2.24) is 4.90 Å². The number of carbonyl (C=O) groups excluding carboxylic acids is 3. The monoisotopic (exact) mass is 845 g/mol. The van der Waals surface area contributed by atoms with Crippen LogP contribution in [0.5, 0.6) is 17.2 Å². The summed E-state index contributed by atoms with van der Waals surface area (Å²) in [6.07, 6.45) is -10.5. The second-order valence-corrected chi connectivity index (χ2v) is 16.8. The molecular formula is C42H55NO17. The van der Waals surface area contributed by atoms with Gasteiger partial charge in [-0.3, -0.25) is 14.4 Å². The van der Waals surface area contributed by atoms with Crippen molar-refractivity contribution in [2.75, 3.05) is 21.2 Å². The molecule has 330 valence electrons. The zero-order chi connectivity index (χ0) is 43.7. The molecule has 2 aromatic rings. The van der Waals surface area contributed by atoms with E-state index in [1.165, 1.54) is 6.07 Å². The average molecular weight is 846 g/mol. The molecule has 7 N–H and O–H groups in total. The summed E-state index contributed by atoms with van der Waals surface area (Å²) >= 11 is 0. The second-order valence-electron chi connectivity index (χ2n) is 16.8. The quantitative estimate of drug-likeness (QED) is 0.119. The van der Waals surface area contributed by atoms with E-state index in [0.717, 1.165) is 19.2 Å². The lowest BCUT2D eigenvalue weighted by molar-refractivity contribution is -0.332. The SMILES string of the molecule is CC[C@]1(O)C[C@H](O[C@@H]2C[C@H](N(C)C)[C@H](O[C@@H]3C[C@H](O)[C@H](O[C@@H]4C[C@H](O)[C@H](O)[C@H](C)O4)[C@H](C)O3)[C@@H](C)O2)c2c(cc3c(c2O)C(=O)c2c(O)ccc(O)c2C3=O)[C@@H]1C(=O)OC. The Labute approximate surface area is 346 Å². The Balaban J connectivity index is 1.14. The first-order valence-electron chi connectivity index (χ1n) is 20.3. The van der Waals surface area contributed by atoms with Crippen LogP contribution in [0.4, 0.5) is 0 Å². The van der Waals surface area contributed by atoms with Crippen LogP contribution in [-0.2, 0) is 38.0 Å². The van der Waals surface area contributed by atoms with Gasteiger partial charge >= 0.3 is 5.97 Å². The Hall–Kier alpha value is -3.79. The summed E-state index contributed by atoms with van der Waals surface area (Å²) in [6, 6.07) is 2.97. The van der Waals surface area contributed by atoms with Crippen molar-refractivity contribution in [2.45, 2.75) is 151 Å². The summed E-state index contributed by atoms with van der Waals surface area (Å²) < 4.78 is 42.5. The number of aliphatic hydroxyl groups is 4. The largest absolute Gasteiger partial charge is 0.507 e. The number of hydrogen-bond acceptors (Lipinski definition) is 18. The van der Waals surface area contributed by atoms with Gasteiger partial charge in [-0.05, 0) is 65.0 Å². The summed E-state index contributed by atoms with van der Waals surface area (Å²) in [5.74, 6) is -5.94. The van der Waals surface area contributed by atoms with Crippen molar-refractivity contribution in [3.8, 4) is 17.2 Å². The van der Waals surface area contributed by atoms with Gasteiger partial charge in [0.1, 0.15) is 41.5 Å². The molecule has 5 aliphatic rings. The van der Waals surface area contributed by atoms with Crippen molar-refractivity contribution in [3.63, 3.8) is 0 Å². The van der Waals surface area contributed by atoms with E-state index in [0.29, 0.717) is 0 Å². The molecule has 18 heteroatoms. The highest BCUT2D eigenvalue weighted by atomic mass is 16.7. The predicted molar refractivity (Wildman–Crippen MR) is 205 cm³/mol. The van der Waals surface area contributed by atoms with Gasteiger partial charge in [-0.1, -0.05) is 6.92 Å². The van der Waals surface area contributed by atoms with Crippen molar-refractivity contribution in [1.29, 1.82) is 0 Å². The predicted octanol–water partition coefficient (Wildman–Crippen LogP) is 1.63. The first kappa shape index (κ1) is 44.3. The third-order valence-corrected chi connectivity index (χ3v) is 12.8. The van der Waals surface area contributed by atoms with Crippen LogP contribution in [0, 0.1) is 0 Å². The van der Waals surface area contributed by atoms with Gasteiger partial charge in [-0.25, -0.2) is 0 Å². The molecular weight excluding hydrogens is 790 g/mol. The highest BCUT2D eigenvalue weighted by Crippen LogP contribution is 2.54. The topological polar surface area (TPSA) is 261 Å². The molecule has 0 radical (unpaired) electrons. The third kappa shape index (κ3) is 7.70. The van der Waals surface area contributed by atoms with Crippen LogP contribution < -0.4 is 0 Å². The van der Waals surface area contributed by atoms with Gasteiger partial charge in [0, 0.05) is 42.9 Å². The number of ether oxygens (including phenoxy) is 7. The first-order chi connectivity index (χ1) is 28.3. The average Bonchev–Trinajstić information content (AvgIpc) is 3.18. The molecule has 2 aliphatic carbocycles. The normalized spacial score (nSPS) is 37.9. The number of esters is 1. The molecule has 0 saturated carbocycles. The van der Waals surface area contributed by atoms with E-state index in [1.54, 1.807) is 27.7 Å². The second kappa shape index (κ2) is 16.8.